The van der Waals surface area contributed by atoms with Crippen molar-refractivity contribution in [3.63, 3.8) is 0 Å². The summed E-state index contributed by atoms with van der Waals surface area (Å²) in [6.07, 6.45) is 1.41. The first-order valence-corrected chi connectivity index (χ1v) is 18.5. The van der Waals surface area contributed by atoms with E-state index in [1.54, 1.807) is 49.7 Å². The number of carbonyl (C=O) groups is 5. The Kier molecular flexibility index (Phi) is 8.88. The zero-order valence-electron chi connectivity index (χ0n) is 28.4. The van der Waals surface area contributed by atoms with Crippen LogP contribution in [0.25, 0.3) is 22.2 Å². The number of imide groups is 2. The molecule has 2 fully saturated rings. The lowest BCUT2D eigenvalue weighted by Crippen LogP contribution is -2.54. The molecular formula is C37H27BF3N6O7S. The predicted octanol–water partition coefficient (Wildman–Crippen LogP) is 2.50. The molecule has 0 spiro atoms. The second-order valence-electron chi connectivity index (χ2n) is 13.3. The number of rotatable bonds is 9. The van der Waals surface area contributed by atoms with E-state index in [1.807, 2.05) is 4.72 Å². The number of nitrogens with zero attached hydrogens (tertiary/aromatic N) is 3. The molecule has 2 atom stereocenters. The van der Waals surface area contributed by atoms with Crippen molar-refractivity contribution in [2.24, 2.45) is 0 Å². The van der Waals surface area contributed by atoms with Crippen molar-refractivity contribution >= 4 is 74.5 Å². The molecule has 18 heteroatoms. The Hall–Kier alpha value is -6.14. The Balaban J connectivity index is 1.03. The van der Waals surface area contributed by atoms with Gasteiger partial charge in [-0.15, -0.1) is 0 Å². The van der Waals surface area contributed by atoms with Gasteiger partial charge in [-0.05, 0) is 42.7 Å². The SMILES string of the molecule is O=C1CCC(N2C(=O)c3cccc([B]c4ccc(-c5cnc6[nH]cc(C(=O)c7c(F)ccc(NS(=O)(=O)N8CC[C@@H](F)C8)c7F)c6c5)cc4)c3C2=O)C(=O)N1. The molecule has 3 aliphatic heterocycles. The minimum Gasteiger partial charge on any atom is -0.345 e. The summed E-state index contributed by atoms with van der Waals surface area (Å²) in [5.74, 6) is -6.17. The fourth-order valence-corrected chi connectivity index (χ4v) is 8.31. The van der Waals surface area contributed by atoms with Crippen molar-refractivity contribution in [3.8, 4) is 11.1 Å². The number of alkyl halides is 1. The van der Waals surface area contributed by atoms with E-state index < -0.39 is 81.3 Å². The summed E-state index contributed by atoms with van der Waals surface area (Å²) in [6.45, 7) is -0.539. The minimum absolute atomic E-state index is 0.000136. The van der Waals surface area contributed by atoms with Crippen LogP contribution in [-0.2, 0) is 19.8 Å². The lowest BCUT2D eigenvalue weighted by molar-refractivity contribution is -0.136. The van der Waals surface area contributed by atoms with Crippen LogP contribution in [0.2, 0.25) is 0 Å². The quantitative estimate of drug-likeness (QED) is 0.116. The molecule has 2 saturated heterocycles. The Morgan fingerprint density at radius 3 is 2.47 bits per heavy atom. The molecule has 0 bridgehead atoms. The largest absolute Gasteiger partial charge is 0.345 e. The maximum absolute atomic E-state index is 15.7. The fourth-order valence-electron chi connectivity index (χ4n) is 7.05. The molecule has 13 nitrogen and oxygen atoms in total. The third-order valence-corrected chi connectivity index (χ3v) is 11.3. The average molecular weight is 768 g/mol. The summed E-state index contributed by atoms with van der Waals surface area (Å²) < 4.78 is 72.7. The van der Waals surface area contributed by atoms with Crippen LogP contribution in [0, 0.1) is 11.6 Å². The highest BCUT2D eigenvalue weighted by Crippen LogP contribution is 2.31. The van der Waals surface area contributed by atoms with E-state index in [4.69, 9.17) is 0 Å². The number of aromatic nitrogens is 2. The van der Waals surface area contributed by atoms with Crippen molar-refractivity contribution in [1.82, 2.24) is 24.5 Å². The smallest absolute Gasteiger partial charge is 0.301 e. The summed E-state index contributed by atoms with van der Waals surface area (Å²) in [5.41, 5.74) is 0.995. The third-order valence-electron chi connectivity index (χ3n) is 9.83. The first-order chi connectivity index (χ1) is 26.3. The maximum atomic E-state index is 15.7. The number of amides is 4. The minimum atomic E-state index is -4.39. The Morgan fingerprint density at radius 1 is 0.964 bits per heavy atom. The summed E-state index contributed by atoms with van der Waals surface area (Å²) >= 11 is 0. The predicted molar refractivity (Wildman–Crippen MR) is 193 cm³/mol. The molecule has 0 saturated carbocycles. The van der Waals surface area contributed by atoms with Gasteiger partial charge in [0.1, 0.15) is 23.7 Å². The number of carbonyl (C=O) groups excluding carboxylic acids is 5. The van der Waals surface area contributed by atoms with Crippen LogP contribution in [0.3, 0.4) is 0 Å². The van der Waals surface area contributed by atoms with Crippen LogP contribution in [0.15, 0.2) is 73.1 Å². The van der Waals surface area contributed by atoms with E-state index in [2.05, 4.69) is 15.3 Å². The van der Waals surface area contributed by atoms with Gasteiger partial charge in [0, 0.05) is 54.0 Å². The van der Waals surface area contributed by atoms with Crippen LogP contribution in [0.1, 0.15) is 55.9 Å². The van der Waals surface area contributed by atoms with E-state index >= 15 is 8.78 Å². The number of aromatic amines is 1. The van der Waals surface area contributed by atoms with E-state index in [9.17, 15) is 36.8 Å². The molecule has 3 aromatic carbocycles. The summed E-state index contributed by atoms with van der Waals surface area (Å²) in [4.78, 5) is 72.6. The average Bonchev–Trinajstić information content (AvgIpc) is 3.86. The number of hydrogen-bond donors (Lipinski definition) is 3. The van der Waals surface area contributed by atoms with Crippen molar-refractivity contribution in [1.29, 1.82) is 0 Å². The number of piperidine rings is 1. The van der Waals surface area contributed by atoms with Gasteiger partial charge in [0.2, 0.25) is 17.6 Å². The van der Waals surface area contributed by atoms with Gasteiger partial charge in [-0.1, -0.05) is 47.3 Å². The molecule has 5 heterocycles. The number of ketones is 1. The highest BCUT2D eigenvalue weighted by atomic mass is 32.2. The van der Waals surface area contributed by atoms with Gasteiger partial charge < -0.3 is 4.98 Å². The maximum Gasteiger partial charge on any atom is 0.301 e. The molecule has 8 rings (SSSR count). The molecule has 0 aliphatic carbocycles. The van der Waals surface area contributed by atoms with Gasteiger partial charge in [-0.3, -0.25) is 38.9 Å². The molecule has 1 radical (unpaired) electrons. The number of anilines is 1. The molecule has 3 aliphatic rings. The van der Waals surface area contributed by atoms with Crippen LogP contribution < -0.4 is 21.0 Å². The summed E-state index contributed by atoms with van der Waals surface area (Å²) in [7, 11) is -2.69. The second-order valence-corrected chi connectivity index (χ2v) is 14.9. The van der Waals surface area contributed by atoms with Gasteiger partial charge in [-0.2, -0.15) is 12.7 Å². The summed E-state index contributed by atoms with van der Waals surface area (Å²) in [6, 6.07) is 13.9. The van der Waals surface area contributed by atoms with Crippen LogP contribution in [-0.4, -0.2) is 89.6 Å². The lowest BCUT2D eigenvalue weighted by Gasteiger charge is -2.27. The van der Waals surface area contributed by atoms with Gasteiger partial charge in [0.05, 0.1) is 16.8 Å². The highest BCUT2D eigenvalue weighted by Gasteiger charge is 2.45. The topological polar surface area (TPSA) is 179 Å². The second kappa shape index (κ2) is 13.6. The molecule has 2 aromatic heterocycles. The van der Waals surface area contributed by atoms with Crippen molar-refractivity contribution in [2.75, 3.05) is 17.8 Å². The molecule has 5 aromatic rings. The molecular weight excluding hydrogens is 740 g/mol. The first kappa shape index (κ1) is 35.9. The van der Waals surface area contributed by atoms with Gasteiger partial charge in [0.25, 0.3) is 11.8 Å². The normalized spacial score (nSPS) is 18.9. The lowest BCUT2D eigenvalue weighted by atomic mass is 9.62. The number of halogens is 3. The van der Waals surface area contributed by atoms with Crippen molar-refractivity contribution in [3.05, 3.63) is 107 Å². The van der Waals surface area contributed by atoms with E-state index in [-0.39, 0.29) is 53.5 Å². The van der Waals surface area contributed by atoms with Gasteiger partial charge in [0.15, 0.2) is 13.1 Å². The number of fused-ring (bicyclic) bond motifs is 2. The zero-order valence-corrected chi connectivity index (χ0v) is 29.3. The number of hydrogen-bond acceptors (Lipinski definition) is 8. The van der Waals surface area contributed by atoms with Crippen LogP contribution >= 0.6 is 0 Å². The number of pyridine rings is 1. The van der Waals surface area contributed by atoms with Crippen LogP contribution in [0.4, 0.5) is 18.9 Å². The standard InChI is InChI=1S/C37H27BF3N6O7S/c39-21-12-13-46(17-21)55(53,54)45-27-9-8-26(40)31(32(27)41)33(49)24-16-43-34-23(24)14-19(15-42-34)18-4-6-20(7-5-18)38-25-3-1-2-22-30(25)37(52)47(36(22)51)28-10-11-29(48)44-35(28)50/h1-9,14-16,21,28,45H,10-13,17H2,(H,42,43)(H,44,48,50)/t21-,28?/m1/s1. The zero-order chi connectivity index (χ0) is 38.8. The monoisotopic (exact) mass is 767 g/mol. The Morgan fingerprint density at radius 2 is 1.75 bits per heavy atom. The Labute approximate surface area is 311 Å². The van der Waals surface area contributed by atoms with E-state index in [0.717, 1.165) is 21.3 Å². The molecule has 3 N–H and O–H groups in total. The number of H-pyrrole nitrogens is 1. The van der Waals surface area contributed by atoms with Gasteiger partial charge in [-0.25, -0.2) is 18.2 Å². The number of nitrogens with one attached hydrogen (secondary N) is 3. The molecule has 277 valence electrons. The molecule has 1 unspecified atom stereocenters. The van der Waals surface area contributed by atoms with E-state index in [1.165, 1.54) is 18.5 Å². The van der Waals surface area contributed by atoms with Crippen molar-refractivity contribution < 1.29 is 45.6 Å². The molecule has 55 heavy (non-hydrogen) atoms. The van der Waals surface area contributed by atoms with Gasteiger partial charge >= 0.3 is 10.2 Å². The summed E-state index contributed by atoms with van der Waals surface area (Å²) in [5, 5.41) is 2.41. The number of benzene rings is 3. The molecule has 4 amide bonds. The van der Waals surface area contributed by atoms with Crippen LogP contribution in [0.5, 0.6) is 0 Å². The third kappa shape index (κ3) is 6.36. The first-order valence-electron chi connectivity index (χ1n) is 17.0. The van der Waals surface area contributed by atoms with E-state index in [0.29, 0.717) is 22.1 Å². The Bertz CT molecular complexity index is 2600. The van der Waals surface area contributed by atoms with Crippen molar-refractivity contribution in [2.45, 2.75) is 31.5 Å². The fraction of sp³-hybridized carbons (Fsp3) is 0.189. The highest BCUT2D eigenvalue weighted by molar-refractivity contribution is 7.90.